The molecule has 0 unspecified atom stereocenters. The summed E-state index contributed by atoms with van der Waals surface area (Å²) in [5.74, 6) is -0.220. The number of amides is 2. The van der Waals surface area contributed by atoms with Crippen molar-refractivity contribution < 1.29 is 18.0 Å². The molecular weight excluding hydrogens is 364 g/mol. The van der Waals surface area contributed by atoms with Gasteiger partial charge in [-0.2, -0.15) is 0 Å². The summed E-state index contributed by atoms with van der Waals surface area (Å²) >= 11 is 0. The van der Waals surface area contributed by atoms with Crippen LogP contribution in [0.4, 0.5) is 5.69 Å². The highest BCUT2D eigenvalue weighted by Crippen LogP contribution is 2.19. The molecule has 2 aromatic carbocycles. The van der Waals surface area contributed by atoms with Gasteiger partial charge in [-0.05, 0) is 54.8 Å². The van der Waals surface area contributed by atoms with Crippen molar-refractivity contribution in [1.29, 1.82) is 0 Å². The van der Waals surface area contributed by atoms with E-state index >= 15 is 0 Å². The summed E-state index contributed by atoms with van der Waals surface area (Å²) in [5.41, 5.74) is 2.06. The van der Waals surface area contributed by atoms with Gasteiger partial charge in [0.15, 0.2) is 9.84 Å². The summed E-state index contributed by atoms with van der Waals surface area (Å²) in [4.78, 5) is 24.7. The fourth-order valence-corrected chi connectivity index (χ4v) is 3.07. The Kier molecular flexibility index (Phi) is 6.38. The fraction of sp³-hybridized carbons (Fsp3) is 0.300. The number of hydrogen-bond acceptors (Lipinski definition) is 4. The molecule has 0 spiro atoms. The molecule has 7 heteroatoms. The second-order valence-electron chi connectivity index (χ2n) is 6.89. The van der Waals surface area contributed by atoms with Gasteiger partial charge in [-0.1, -0.05) is 19.9 Å². The maximum atomic E-state index is 12.5. The van der Waals surface area contributed by atoms with E-state index in [2.05, 4.69) is 10.6 Å². The number of hydrogen-bond donors (Lipinski definition) is 2. The number of nitrogens with one attached hydrogen (secondary N) is 2. The normalized spacial score (nSPS) is 11.3. The van der Waals surface area contributed by atoms with E-state index < -0.39 is 15.7 Å². The Bertz CT molecular complexity index is 966. The Hall–Kier alpha value is -2.67. The molecule has 0 saturated heterocycles. The Morgan fingerprint density at radius 3 is 2.26 bits per heavy atom. The first-order valence-electron chi connectivity index (χ1n) is 8.58. The molecule has 2 rings (SSSR count). The molecule has 0 atom stereocenters. The third-order valence-corrected chi connectivity index (χ3v) is 5.04. The third kappa shape index (κ3) is 5.65. The first kappa shape index (κ1) is 20.6. The molecule has 144 valence electrons. The van der Waals surface area contributed by atoms with Crippen LogP contribution in [0.25, 0.3) is 0 Å². The van der Waals surface area contributed by atoms with Crippen molar-refractivity contribution in [3.8, 4) is 0 Å². The molecule has 6 nitrogen and oxygen atoms in total. The van der Waals surface area contributed by atoms with Crippen LogP contribution in [0.3, 0.4) is 0 Å². The standard InChI is InChI=1S/C20H24N2O4S/c1-13(2)12-21-19(23)16-8-9-18(14(3)10-16)22-20(24)15-6-5-7-17(11-15)27(4,25)26/h5-11,13H,12H2,1-4H3,(H,21,23)(H,22,24). The minimum Gasteiger partial charge on any atom is -0.352 e. The zero-order chi connectivity index (χ0) is 20.2. The number of sulfone groups is 1. The number of carbonyl (C=O) groups is 2. The molecule has 0 bridgehead atoms. The second-order valence-corrected chi connectivity index (χ2v) is 8.90. The van der Waals surface area contributed by atoms with E-state index in [0.717, 1.165) is 11.8 Å². The van der Waals surface area contributed by atoms with Crippen LogP contribution in [0, 0.1) is 12.8 Å². The second kappa shape index (κ2) is 8.35. The summed E-state index contributed by atoms with van der Waals surface area (Å²) < 4.78 is 23.3. The predicted octanol–water partition coefficient (Wildman–Crippen LogP) is 3.04. The van der Waals surface area contributed by atoms with E-state index in [4.69, 9.17) is 0 Å². The van der Waals surface area contributed by atoms with Gasteiger partial charge in [-0.25, -0.2) is 8.42 Å². The Morgan fingerprint density at radius 1 is 1.00 bits per heavy atom. The summed E-state index contributed by atoms with van der Waals surface area (Å²) in [6.07, 6.45) is 1.09. The maximum absolute atomic E-state index is 12.5. The minimum atomic E-state index is -3.39. The van der Waals surface area contributed by atoms with Crippen molar-refractivity contribution in [2.75, 3.05) is 18.1 Å². The molecule has 27 heavy (non-hydrogen) atoms. The summed E-state index contributed by atoms with van der Waals surface area (Å²) in [5, 5.41) is 5.60. The van der Waals surface area contributed by atoms with Crippen molar-refractivity contribution in [3.05, 3.63) is 59.2 Å². The SMILES string of the molecule is Cc1cc(C(=O)NCC(C)C)ccc1NC(=O)c1cccc(S(C)(=O)=O)c1. The first-order valence-corrected chi connectivity index (χ1v) is 10.5. The Balaban J connectivity index is 2.16. The topological polar surface area (TPSA) is 92.3 Å². The molecule has 2 N–H and O–H groups in total. The first-order chi connectivity index (χ1) is 12.6. The van der Waals surface area contributed by atoms with Crippen molar-refractivity contribution in [3.63, 3.8) is 0 Å². The van der Waals surface area contributed by atoms with E-state index in [9.17, 15) is 18.0 Å². The van der Waals surface area contributed by atoms with Crippen LogP contribution in [0.1, 0.15) is 40.1 Å². The zero-order valence-electron chi connectivity index (χ0n) is 15.9. The van der Waals surface area contributed by atoms with E-state index in [1.54, 1.807) is 31.2 Å². The van der Waals surface area contributed by atoms with Crippen molar-refractivity contribution in [2.45, 2.75) is 25.7 Å². The lowest BCUT2D eigenvalue weighted by Gasteiger charge is -2.12. The fourth-order valence-electron chi connectivity index (χ4n) is 2.41. The molecule has 2 amide bonds. The third-order valence-electron chi connectivity index (χ3n) is 3.93. The lowest BCUT2D eigenvalue weighted by molar-refractivity contribution is 0.0948. The van der Waals surface area contributed by atoms with Gasteiger partial charge in [-0.3, -0.25) is 9.59 Å². The summed E-state index contributed by atoms with van der Waals surface area (Å²) in [7, 11) is -3.39. The molecule has 0 aliphatic heterocycles. The number of benzene rings is 2. The molecule has 0 aromatic heterocycles. The highest BCUT2D eigenvalue weighted by Gasteiger charge is 2.14. The van der Waals surface area contributed by atoms with Crippen LogP contribution in [0.5, 0.6) is 0 Å². The summed E-state index contributed by atoms with van der Waals surface area (Å²) in [6, 6.07) is 10.9. The zero-order valence-corrected chi connectivity index (χ0v) is 16.7. The Morgan fingerprint density at radius 2 is 1.67 bits per heavy atom. The van der Waals surface area contributed by atoms with Crippen molar-refractivity contribution >= 4 is 27.3 Å². The molecule has 0 saturated carbocycles. The summed E-state index contributed by atoms with van der Waals surface area (Å²) in [6.45, 7) is 6.42. The average molecular weight is 388 g/mol. The van der Waals surface area contributed by atoms with E-state index in [1.165, 1.54) is 18.2 Å². The van der Waals surface area contributed by atoms with Crippen LogP contribution in [0.15, 0.2) is 47.4 Å². The van der Waals surface area contributed by atoms with Gasteiger partial charge in [0.25, 0.3) is 11.8 Å². The van der Waals surface area contributed by atoms with Gasteiger partial charge in [0.05, 0.1) is 4.90 Å². The molecule has 0 radical (unpaired) electrons. The van der Waals surface area contributed by atoms with Crippen LogP contribution in [0.2, 0.25) is 0 Å². The van der Waals surface area contributed by atoms with Crippen LogP contribution in [-0.2, 0) is 9.84 Å². The number of rotatable bonds is 6. The van der Waals surface area contributed by atoms with E-state index in [1.807, 2.05) is 13.8 Å². The van der Waals surface area contributed by atoms with Crippen molar-refractivity contribution in [1.82, 2.24) is 5.32 Å². The van der Waals surface area contributed by atoms with Gasteiger partial charge in [0, 0.05) is 29.6 Å². The number of aryl methyl sites for hydroxylation is 1. The molecule has 2 aromatic rings. The Labute approximate surface area is 159 Å². The van der Waals surface area contributed by atoms with Gasteiger partial charge in [0.2, 0.25) is 0 Å². The predicted molar refractivity (Wildman–Crippen MR) is 106 cm³/mol. The lowest BCUT2D eigenvalue weighted by Crippen LogP contribution is -2.27. The monoisotopic (exact) mass is 388 g/mol. The highest BCUT2D eigenvalue weighted by atomic mass is 32.2. The number of carbonyl (C=O) groups excluding carboxylic acids is 2. The van der Waals surface area contributed by atoms with Gasteiger partial charge in [0.1, 0.15) is 0 Å². The van der Waals surface area contributed by atoms with Gasteiger partial charge >= 0.3 is 0 Å². The van der Waals surface area contributed by atoms with Crippen LogP contribution in [-0.4, -0.2) is 33.0 Å². The van der Waals surface area contributed by atoms with E-state index in [0.29, 0.717) is 23.7 Å². The van der Waals surface area contributed by atoms with Crippen LogP contribution >= 0.6 is 0 Å². The largest absolute Gasteiger partial charge is 0.352 e. The average Bonchev–Trinajstić information content (AvgIpc) is 2.60. The quantitative estimate of drug-likeness (QED) is 0.796. The maximum Gasteiger partial charge on any atom is 0.255 e. The van der Waals surface area contributed by atoms with Gasteiger partial charge < -0.3 is 10.6 Å². The lowest BCUT2D eigenvalue weighted by atomic mass is 10.1. The van der Waals surface area contributed by atoms with Gasteiger partial charge in [-0.15, -0.1) is 0 Å². The molecule has 0 fully saturated rings. The molecule has 0 heterocycles. The smallest absolute Gasteiger partial charge is 0.255 e. The molecule has 0 aliphatic rings. The highest BCUT2D eigenvalue weighted by molar-refractivity contribution is 7.90. The minimum absolute atomic E-state index is 0.0871. The molecular formula is C20H24N2O4S. The van der Waals surface area contributed by atoms with Crippen LogP contribution < -0.4 is 10.6 Å². The van der Waals surface area contributed by atoms with E-state index in [-0.39, 0.29) is 16.4 Å². The molecule has 0 aliphatic carbocycles. The van der Waals surface area contributed by atoms with Crippen molar-refractivity contribution in [2.24, 2.45) is 5.92 Å². The number of anilines is 1.